The molecule has 0 fully saturated rings. The number of aromatic nitrogens is 1. The third-order valence-corrected chi connectivity index (χ3v) is 3.51. The number of nitrogens with two attached hydrogens (primary N) is 1. The van der Waals surface area contributed by atoms with Crippen LogP contribution in [0.4, 0.5) is 5.13 Å². The number of rotatable bonds is 1. The topological polar surface area (TPSA) is 90.3 Å². The first-order valence-electron chi connectivity index (χ1n) is 5.82. The maximum atomic E-state index is 8.78. The van der Waals surface area contributed by atoms with Gasteiger partial charge in [0, 0.05) is 23.9 Å². The Morgan fingerprint density at radius 2 is 2.44 bits per heavy atom. The van der Waals surface area contributed by atoms with Gasteiger partial charge in [-0.2, -0.15) is 5.26 Å². The van der Waals surface area contributed by atoms with Crippen LogP contribution in [0, 0.1) is 11.5 Å². The van der Waals surface area contributed by atoms with E-state index in [0.717, 1.165) is 23.5 Å². The van der Waals surface area contributed by atoms with Gasteiger partial charge in [0.1, 0.15) is 0 Å². The van der Waals surface area contributed by atoms with Crippen LogP contribution in [0.25, 0.3) is 0 Å². The molecule has 0 atom stereocenters. The lowest BCUT2D eigenvalue weighted by Gasteiger charge is -2.28. The highest BCUT2D eigenvalue weighted by Crippen LogP contribution is 2.26. The molecule has 18 heavy (non-hydrogen) atoms. The van der Waals surface area contributed by atoms with Gasteiger partial charge in [-0.3, -0.25) is 5.32 Å². The fourth-order valence-corrected chi connectivity index (χ4v) is 2.78. The van der Waals surface area contributed by atoms with Crippen LogP contribution in [0.5, 0.6) is 0 Å². The second-order valence-corrected chi connectivity index (χ2v) is 5.49. The van der Waals surface area contributed by atoms with Crippen LogP contribution in [-0.2, 0) is 13.0 Å². The van der Waals surface area contributed by atoms with Gasteiger partial charge in [0.15, 0.2) is 11.3 Å². The summed E-state index contributed by atoms with van der Waals surface area (Å²) < 4.78 is 0. The average Bonchev–Trinajstić information content (AvgIpc) is 2.66. The van der Waals surface area contributed by atoms with E-state index < -0.39 is 0 Å². The lowest BCUT2D eigenvalue weighted by Crippen LogP contribution is -2.42. The number of fused-ring (bicyclic) bond motifs is 1. The molecule has 1 aromatic heterocycles. The summed E-state index contributed by atoms with van der Waals surface area (Å²) in [6, 6.07) is 0.147. The summed E-state index contributed by atoms with van der Waals surface area (Å²) in [5.74, 6) is 0.630. The molecule has 0 bridgehead atoms. The lowest BCUT2D eigenvalue weighted by atomic mass is 10.2. The van der Waals surface area contributed by atoms with Gasteiger partial charge < -0.3 is 10.6 Å². The molecule has 1 aliphatic rings. The second kappa shape index (κ2) is 5.23. The molecule has 0 unspecified atom stereocenters. The number of hydrogen-bond donors (Lipinski definition) is 2. The summed E-state index contributed by atoms with van der Waals surface area (Å²) in [5.41, 5.74) is 6.79. The predicted molar refractivity (Wildman–Crippen MR) is 72.0 cm³/mol. The van der Waals surface area contributed by atoms with E-state index in [0.29, 0.717) is 17.6 Å². The van der Waals surface area contributed by atoms with Crippen molar-refractivity contribution in [3.63, 3.8) is 0 Å². The Morgan fingerprint density at radius 1 is 1.67 bits per heavy atom. The van der Waals surface area contributed by atoms with E-state index in [9.17, 15) is 0 Å². The summed E-state index contributed by atoms with van der Waals surface area (Å²) in [6.07, 6.45) is 2.78. The summed E-state index contributed by atoms with van der Waals surface area (Å²) in [4.78, 5) is 11.9. The van der Waals surface area contributed by atoms with Crippen LogP contribution in [0.3, 0.4) is 0 Å². The number of thiazole rings is 1. The Kier molecular flexibility index (Phi) is 3.67. The molecule has 0 aromatic carbocycles. The monoisotopic (exact) mass is 264 g/mol. The van der Waals surface area contributed by atoms with Crippen LogP contribution in [0.15, 0.2) is 4.99 Å². The summed E-state index contributed by atoms with van der Waals surface area (Å²) in [6.45, 7) is 5.49. The molecule has 0 aliphatic carbocycles. The van der Waals surface area contributed by atoms with E-state index in [1.54, 1.807) is 0 Å². The average molecular weight is 264 g/mol. The number of nitrogens with one attached hydrogen (secondary N) is 1. The van der Waals surface area contributed by atoms with E-state index in [1.807, 2.05) is 20.0 Å². The Hall–Kier alpha value is -1.81. The Balaban J connectivity index is 2.18. The van der Waals surface area contributed by atoms with Crippen LogP contribution in [-0.4, -0.2) is 28.4 Å². The van der Waals surface area contributed by atoms with Gasteiger partial charge in [0.25, 0.3) is 0 Å². The number of guanidine groups is 1. The van der Waals surface area contributed by atoms with Crippen molar-refractivity contribution in [2.45, 2.75) is 32.9 Å². The van der Waals surface area contributed by atoms with E-state index in [2.05, 4.69) is 20.2 Å². The molecule has 1 aliphatic heterocycles. The molecule has 2 rings (SSSR count). The minimum Gasteiger partial charge on any atom is -0.375 e. The highest BCUT2D eigenvalue weighted by molar-refractivity contribution is 7.15. The van der Waals surface area contributed by atoms with Gasteiger partial charge >= 0.3 is 0 Å². The molecule has 1 aromatic rings. The summed E-state index contributed by atoms with van der Waals surface area (Å²) >= 11 is 1.51. The number of nitriles is 1. The van der Waals surface area contributed by atoms with Crippen LogP contribution < -0.4 is 11.1 Å². The van der Waals surface area contributed by atoms with Crippen molar-refractivity contribution in [1.82, 2.24) is 15.2 Å². The van der Waals surface area contributed by atoms with Gasteiger partial charge in [-0.15, -0.1) is 11.3 Å². The largest absolute Gasteiger partial charge is 0.375 e. The number of anilines is 1. The minimum atomic E-state index is 0.147. The molecule has 0 saturated carbocycles. The summed E-state index contributed by atoms with van der Waals surface area (Å²) in [7, 11) is 0. The summed E-state index contributed by atoms with van der Waals surface area (Å²) in [5, 5.41) is 12.0. The van der Waals surface area contributed by atoms with E-state index in [4.69, 9.17) is 11.0 Å². The van der Waals surface area contributed by atoms with Crippen molar-refractivity contribution in [1.29, 1.82) is 5.26 Å². The smallest absolute Gasteiger partial charge is 0.207 e. The Morgan fingerprint density at radius 3 is 3.11 bits per heavy atom. The van der Waals surface area contributed by atoms with E-state index in [-0.39, 0.29) is 6.04 Å². The van der Waals surface area contributed by atoms with Gasteiger partial charge in [0.2, 0.25) is 5.96 Å². The number of nitrogens with zero attached hydrogens (tertiary/aromatic N) is 4. The molecular formula is C11H16N6S. The standard InChI is InChI=1S/C11H16N6S/c1-7(2)15-11(14-6-12)17-4-3-8-9(5-17)18-10(13)16-8/h7H,3-5H2,1-2H3,(H2,13,16)(H,14,15). The molecule has 3 N–H and O–H groups in total. The van der Waals surface area contributed by atoms with Crippen LogP contribution in [0.2, 0.25) is 0 Å². The van der Waals surface area contributed by atoms with Crippen molar-refractivity contribution >= 4 is 22.4 Å². The normalized spacial score (nSPS) is 15.4. The third kappa shape index (κ3) is 2.71. The maximum Gasteiger partial charge on any atom is 0.207 e. The van der Waals surface area contributed by atoms with Crippen molar-refractivity contribution in [2.24, 2.45) is 4.99 Å². The first-order chi connectivity index (χ1) is 8.60. The second-order valence-electron chi connectivity index (χ2n) is 4.38. The van der Waals surface area contributed by atoms with Crippen LogP contribution >= 0.6 is 11.3 Å². The maximum absolute atomic E-state index is 8.78. The number of hydrogen-bond acceptors (Lipinski definition) is 5. The zero-order valence-corrected chi connectivity index (χ0v) is 11.3. The van der Waals surface area contributed by atoms with Gasteiger partial charge in [-0.1, -0.05) is 0 Å². The molecule has 0 spiro atoms. The highest BCUT2D eigenvalue weighted by Gasteiger charge is 2.22. The zero-order valence-electron chi connectivity index (χ0n) is 10.5. The molecule has 2 heterocycles. The quantitative estimate of drug-likeness (QED) is 0.341. The highest BCUT2D eigenvalue weighted by atomic mass is 32.1. The lowest BCUT2D eigenvalue weighted by molar-refractivity contribution is 0.383. The van der Waals surface area contributed by atoms with E-state index in [1.165, 1.54) is 11.3 Å². The van der Waals surface area contributed by atoms with Gasteiger partial charge in [-0.25, -0.2) is 9.98 Å². The molecule has 0 saturated heterocycles. The SMILES string of the molecule is CC(C)N=C(NC#N)N1CCc2nc(N)sc2C1. The van der Waals surface area contributed by atoms with Crippen molar-refractivity contribution in [3.05, 3.63) is 10.6 Å². The molecule has 0 amide bonds. The van der Waals surface area contributed by atoms with Gasteiger partial charge in [0.05, 0.1) is 12.2 Å². The Labute approximate surface area is 110 Å². The molecule has 6 nitrogen and oxygen atoms in total. The molecule has 96 valence electrons. The first-order valence-corrected chi connectivity index (χ1v) is 6.63. The number of aliphatic imine (C=N–C) groups is 1. The number of nitrogen functional groups attached to an aromatic ring is 1. The molecule has 7 heteroatoms. The zero-order chi connectivity index (χ0) is 13.1. The van der Waals surface area contributed by atoms with Crippen LogP contribution in [0.1, 0.15) is 24.4 Å². The predicted octanol–water partition coefficient (Wildman–Crippen LogP) is 0.918. The fourth-order valence-electron chi connectivity index (χ4n) is 1.88. The Bertz CT molecular complexity index is 498. The van der Waals surface area contributed by atoms with Gasteiger partial charge in [-0.05, 0) is 13.8 Å². The van der Waals surface area contributed by atoms with Crippen molar-refractivity contribution in [3.8, 4) is 6.19 Å². The van der Waals surface area contributed by atoms with E-state index >= 15 is 0 Å². The van der Waals surface area contributed by atoms with Crippen molar-refractivity contribution < 1.29 is 0 Å². The minimum absolute atomic E-state index is 0.147. The van der Waals surface area contributed by atoms with Crippen molar-refractivity contribution in [2.75, 3.05) is 12.3 Å². The molecule has 0 radical (unpaired) electrons. The fraction of sp³-hybridized carbons (Fsp3) is 0.545. The third-order valence-electron chi connectivity index (χ3n) is 2.60. The first kappa shape index (κ1) is 12.6. The molecular weight excluding hydrogens is 248 g/mol.